The summed E-state index contributed by atoms with van der Waals surface area (Å²) in [5.74, 6) is 0. The molecule has 0 saturated carbocycles. The third kappa shape index (κ3) is 2.93. The fourth-order valence-electron chi connectivity index (χ4n) is 1.70. The molecule has 0 amide bonds. The van der Waals surface area contributed by atoms with Gasteiger partial charge in [-0.2, -0.15) is 0 Å². The zero-order chi connectivity index (χ0) is 11.3. The Morgan fingerprint density at radius 2 is 1.93 bits per heavy atom. The zero-order valence-corrected chi connectivity index (χ0v) is 10.6. The summed E-state index contributed by atoms with van der Waals surface area (Å²) in [5.41, 5.74) is 1.06. The molecule has 0 aliphatic heterocycles. The topological polar surface area (TPSA) is 26.3 Å². The molecule has 3 heteroatoms. The van der Waals surface area contributed by atoms with E-state index in [1.54, 1.807) is 0 Å². The van der Waals surface area contributed by atoms with E-state index >= 15 is 0 Å². The summed E-state index contributed by atoms with van der Waals surface area (Å²) in [6.45, 7) is 6.41. The van der Waals surface area contributed by atoms with E-state index in [-0.39, 0.29) is 0 Å². The average Bonchev–Trinajstić information content (AvgIpc) is 2.19. The molecule has 1 aromatic rings. The van der Waals surface area contributed by atoms with E-state index in [0.29, 0.717) is 12.8 Å². The Labute approximate surface area is 92.1 Å². The highest BCUT2D eigenvalue weighted by Gasteiger charge is 2.25. The van der Waals surface area contributed by atoms with Gasteiger partial charge in [0.2, 0.25) is 7.37 Å². The molecule has 0 radical (unpaired) electrons. The van der Waals surface area contributed by atoms with Gasteiger partial charge in [0.15, 0.2) is 0 Å². The molecule has 1 rings (SSSR count). The van der Waals surface area contributed by atoms with Crippen LogP contribution in [0.4, 0.5) is 0 Å². The molecule has 0 N–H and O–H groups in total. The number of benzene rings is 1. The smallest absolute Gasteiger partial charge is 0.232 e. The van der Waals surface area contributed by atoms with Crippen LogP contribution in [0.3, 0.4) is 0 Å². The van der Waals surface area contributed by atoms with Gasteiger partial charge in [-0.15, -0.1) is 0 Å². The van der Waals surface area contributed by atoms with Gasteiger partial charge < -0.3 is 4.52 Å². The first kappa shape index (κ1) is 12.5. The second kappa shape index (κ2) is 5.48. The van der Waals surface area contributed by atoms with Crippen molar-refractivity contribution in [1.82, 2.24) is 0 Å². The van der Waals surface area contributed by atoms with Gasteiger partial charge >= 0.3 is 0 Å². The van der Waals surface area contributed by atoms with Crippen LogP contribution in [0.5, 0.6) is 0 Å². The van der Waals surface area contributed by atoms with E-state index in [1.165, 1.54) is 0 Å². The molecule has 2 nitrogen and oxygen atoms in total. The monoisotopic (exact) mass is 226 g/mol. The number of aryl methyl sites for hydroxylation is 1. The van der Waals surface area contributed by atoms with Crippen LogP contribution in [0.25, 0.3) is 0 Å². The molecule has 0 aromatic heterocycles. The van der Waals surface area contributed by atoms with Gasteiger partial charge in [-0.3, -0.25) is 4.57 Å². The van der Waals surface area contributed by atoms with Crippen molar-refractivity contribution in [3.63, 3.8) is 0 Å². The third-order valence-electron chi connectivity index (χ3n) is 2.34. The number of hydrogen-bond donors (Lipinski definition) is 0. The summed E-state index contributed by atoms with van der Waals surface area (Å²) in [4.78, 5) is 0. The molecule has 84 valence electrons. The highest BCUT2D eigenvalue weighted by molar-refractivity contribution is 7.67. The van der Waals surface area contributed by atoms with Crippen LogP contribution in [-0.4, -0.2) is 12.8 Å². The van der Waals surface area contributed by atoms with Crippen LogP contribution < -0.4 is 5.30 Å². The zero-order valence-electron chi connectivity index (χ0n) is 9.69. The summed E-state index contributed by atoms with van der Waals surface area (Å²) in [7, 11) is -2.61. The Kier molecular flexibility index (Phi) is 4.56. The van der Waals surface area contributed by atoms with E-state index < -0.39 is 7.37 Å². The van der Waals surface area contributed by atoms with Crippen LogP contribution in [-0.2, 0) is 9.09 Å². The van der Waals surface area contributed by atoms with Crippen molar-refractivity contribution in [3.05, 3.63) is 29.8 Å². The van der Waals surface area contributed by atoms with E-state index in [9.17, 15) is 4.57 Å². The molecule has 0 fully saturated rings. The van der Waals surface area contributed by atoms with E-state index in [1.807, 2.05) is 45.0 Å². The Bertz CT molecular complexity index is 350. The SMILES string of the molecule is CCCP(=O)(OCC)c1ccccc1C. The van der Waals surface area contributed by atoms with Gasteiger partial charge in [0.25, 0.3) is 0 Å². The Hall–Kier alpha value is -0.590. The lowest BCUT2D eigenvalue weighted by atomic mass is 10.2. The van der Waals surface area contributed by atoms with Gasteiger partial charge in [0.05, 0.1) is 6.61 Å². The quantitative estimate of drug-likeness (QED) is 0.720. The maximum Gasteiger partial charge on any atom is 0.232 e. The highest BCUT2D eigenvalue weighted by Crippen LogP contribution is 2.46. The predicted octanol–water partition coefficient (Wildman–Crippen LogP) is 3.34. The van der Waals surface area contributed by atoms with Crippen LogP contribution >= 0.6 is 7.37 Å². The molecule has 1 unspecified atom stereocenters. The number of rotatable bonds is 5. The molecular formula is C12H19O2P. The lowest BCUT2D eigenvalue weighted by Crippen LogP contribution is -2.13. The maximum absolute atomic E-state index is 12.6. The first-order chi connectivity index (χ1) is 7.14. The minimum absolute atomic E-state index is 0.506. The van der Waals surface area contributed by atoms with Crippen molar-refractivity contribution in [3.8, 4) is 0 Å². The summed E-state index contributed by atoms with van der Waals surface area (Å²) < 4.78 is 18.1. The normalized spacial score (nSPS) is 14.9. The standard InChI is InChI=1S/C12H19O2P/c1-4-10-15(13,14-5-2)12-9-7-6-8-11(12)3/h6-9H,4-5,10H2,1-3H3. The molecule has 0 bridgehead atoms. The van der Waals surface area contributed by atoms with Crippen LogP contribution in [0.2, 0.25) is 0 Å². The minimum atomic E-state index is -2.61. The summed E-state index contributed by atoms with van der Waals surface area (Å²) in [6.07, 6.45) is 1.51. The van der Waals surface area contributed by atoms with E-state index in [2.05, 4.69) is 0 Å². The Balaban J connectivity index is 3.09. The molecule has 0 heterocycles. The van der Waals surface area contributed by atoms with Crippen LogP contribution in [0.15, 0.2) is 24.3 Å². The van der Waals surface area contributed by atoms with E-state index in [0.717, 1.165) is 17.3 Å². The summed E-state index contributed by atoms with van der Waals surface area (Å²) >= 11 is 0. The summed E-state index contributed by atoms with van der Waals surface area (Å²) in [5, 5.41) is 0.883. The van der Waals surface area contributed by atoms with Crippen LogP contribution in [0, 0.1) is 6.92 Å². The predicted molar refractivity (Wildman–Crippen MR) is 65.2 cm³/mol. The lowest BCUT2D eigenvalue weighted by molar-refractivity contribution is 0.340. The van der Waals surface area contributed by atoms with Crippen molar-refractivity contribution in [2.75, 3.05) is 12.8 Å². The average molecular weight is 226 g/mol. The second-order valence-electron chi connectivity index (χ2n) is 3.60. The third-order valence-corrected chi connectivity index (χ3v) is 5.29. The van der Waals surface area contributed by atoms with Gasteiger partial charge in [-0.25, -0.2) is 0 Å². The fraction of sp³-hybridized carbons (Fsp3) is 0.500. The van der Waals surface area contributed by atoms with Crippen molar-refractivity contribution < 1.29 is 9.09 Å². The fourth-order valence-corrected chi connectivity index (χ4v) is 4.14. The van der Waals surface area contributed by atoms with Crippen LogP contribution in [0.1, 0.15) is 25.8 Å². The molecule has 0 aliphatic rings. The van der Waals surface area contributed by atoms with Gasteiger partial charge in [-0.05, 0) is 31.9 Å². The Morgan fingerprint density at radius 3 is 2.47 bits per heavy atom. The summed E-state index contributed by atoms with van der Waals surface area (Å²) in [6, 6.07) is 7.78. The van der Waals surface area contributed by atoms with Crippen molar-refractivity contribution >= 4 is 12.7 Å². The molecule has 1 atom stereocenters. The van der Waals surface area contributed by atoms with Gasteiger partial charge in [-0.1, -0.05) is 25.1 Å². The van der Waals surface area contributed by atoms with Crippen molar-refractivity contribution in [1.29, 1.82) is 0 Å². The molecule has 15 heavy (non-hydrogen) atoms. The van der Waals surface area contributed by atoms with Crippen molar-refractivity contribution in [2.24, 2.45) is 0 Å². The molecule has 0 spiro atoms. The molecule has 1 aromatic carbocycles. The van der Waals surface area contributed by atoms with Gasteiger partial charge in [0.1, 0.15) is 0 Å². The number of hydrogen-bond acceptors (Lipinski definition) is 2. The first-order valence-corrected chi connectivity index (χ1v) is 7.25. The maximum atomic E-state index is 12.6. The Morgan fingerprint density at radius 1 is 1.27 bits per heavy atom. The molecule has 0 saturated heterocycles. The van der Waals surface area contributed by atoms with Gasteiger partial charge in [0, 0.05) is 11.5 Å². The first-order valence-electron chi connectivity index (χ1n) is 5.44. The van der Waals surface area contributed by atoms with Crippen molar-refractivity contribution in [2.45, 2.75) is 27.2 Å². The lowest BCUT2D eigenvalue weighted by Gasteiger charge is -2.19. The largest absolute Gasteiger partial charge is 0.326 e. The molecule has 0 aliphatic carbocycles. The van der Waals surface area contributed by atoms with E-state index in [4.69, 9.17) is 4.52 Å². The highest BCUT2D eigenvalue weighted by atomic mass is 31.2. The molecular weight excluding hydrogens is 207 g/mol. The minimum Gasteiger partial charge on any atom is -0.326 e. The second-order valence-corrected chi connectivity index (χ2v) is 6.14.